The van der Waals surface area contributed by atoms with E-state index in [2.05, 4.69) is 15.3 Å². The van der Waals surface area contributed by atoms with Crippen molar-refractivity contribution in [1.82, 2.24) is 15.3 Å². The number of ether oxygens (including phenoxy) is 2. The molecule has 150 valence electrons. The van der Waals surface area contributed by atoms with E-state index in [0.29, 0.717) is 33.7 Å². The maximum atomic E-state index is 12.7. The van der Waals surface area contributed by atoms with Crippen molar-refractivity contribution < 1.29 is 14.3 Å². The van der Waals surface area contributed by atoms with Gasteiger partial charge >= 0.3 is 0 Å². The number of nitrogens with one attached hydrogen (secondary N) is 2. The minimum Gasteiger partial charge on any atom is -0.493 e. The second kappa shape index (κ2) is 8.80. The Bertz CT molecular complexity index is 1210. The van der Waals surface area contributed by atoms with Gasteiger partial charge in [-0.2, -0.15) is 10.5 Å². The van der Waals surface area contributed by atoms with Gasteiger partial charge in [0.2, 0.25) is 0 Å². The molecule has 2 heterocycles. The smallest absolute Gasteiger partial charge is 0.262 e. The Kier molecular flexibility index (Phi) is 6.00. The Morgan fingerprint density at radius 2 is 2.00 bits per heavy atom. The lowest BCUT2D eigenvalue weighted by Crippen LogP contribution is -2.27. The molecule has 30 heavy (non-hydrogen) atoms. The Morgan fingerprint density at radius 3 is 2.67 bits per heavy atom. The monoisotopic (exact) mass is 401 g/mol. The van der Waals surface area contributed by atoms with Crippen LogP contribution >= 0.6 is 0 Å². The molecule has 0 aliphatic heterocycles. The van der Waals surface area contributed by atoms with E-state index in [1.54, 1.807) is 31.5 Å². The second-order valence-corrected chi connectivity index (χ2v) is 6.46. The summed E-state index contributed by atoms with van der Waals surface area (Å²) in [6.45, 7) is 1.81. The Labute approximate surface area is 173 Å². The second-order valence-electron chi connectivity index (χ2n) is 6.46. The maximum absolute atomic E-state index is 12.7. The predicted molar refractivity (Wildman–Crippen MR) is 111 cm³/mol. The highest BCUT2D eigenvalue weighted by Gasteiger charge is 2.16. The number of fused-ring (bicyclic) bond motifs is 1. The number of H-pyrrole nitrogens is 1. The number of rotatable bonds is 6. The van der Waals surface area contributed by atoms with Crippen LogP contribution in [0.3, 0.4) is 0 Å². The number of nitriles is 2. The molecule has 0 unspecified atom stereocenters. The van der Waals surface area contributed by atoms with Crippen molar-refractivity contribution in [2.24, 2.45) is 0 Å². The van der Waals surface area contributed by atoms with Gasteiger partial charge in [-0.1, -0.05) is 6.07 Å². The number of amides is 1. The summed E-state index contributed by atoms with van der Waals surface area (Å²) in [4.78, 5) is 19.8. The Balaban J connectivity index is 1.85. The van der Waals surface area contributed by atoms with Gasteiger partial charge in [0.05, 0.1) is 25.8 Å². The van der Waals surface area contributed by atoms with Gasteiger partial charge in [0.1, 0.15) is 23.4 Å². The number of hydrogen-bond acceptors (Lipinski definition) is 6. The third kappa shape index (κ3) is 4.08. The third-order valence-corrected chi connectivity index (χ3v) is 4.61. The minimum atomic E-state index is -0.515. The average Bonchev–Trinajstić information content (AvgIpc) is 3.18. The summed E-state index contributed by atoms with van der Waals surface area (Å²) < 4.78 is 10.5. The zero-order valence-corrected chi connectivity index (χ0v) is 16.7. The van der Waals surface area contributed by atoms with Crippen LogP contribution in [-0.2, 0) is 4.79 Å². The van der Waals surface area contributed by atoms with Crippen LogP contribution in [0.4, 0.5) is 0 Å². The highest BCUT2D eigenvalue weighted by atomic mass is 16.5. The maximum Gasteiger partial charge on any atom is 0.262 e. The highest BCUT2D eigenvalue weighted by Crippen LogP contribution is 2.30. The predicted octanol–water partition coefficient (Wildman–Crippen LogP) is 3.24. The summed E-state index contributed by atoms with van der Waals surface area (Å²) in [6, 6.07) is 10.6. The molecule has 0 radical (unpaired) electrons. The van der Waals surface area contributed by atoms with Gasteiger partial charge in [-0.15, -0.1) is 0 Å². The van der Waals surface area contributed by atoms with Gasteiger partial charge in [0, 0.05) is 23.3 Å². The first-order chi connectivity index (χ1) is 14.5. The number of carbonyl (C=O) groups is 1. The summed E-state index contributed by atoms with van der Waals surface area (Å²) >= 11 is 0. The quantitative estimate of drug-likeness (QED) is 0.483. The van der Waals surface area contributed by atoms with Crippen molar-refractivity contribution in [2.75, 3.05) is 14.2 Å². The largest absolute Gasteiger partial charge is 0.493 e. The van der Waals surface area contributed by atoms with Gasteiger partial charge in [-0.25, -0.2) is 4.98 Å². The molecule has 1 amide bonds. The zero-order chi connectivity index (χ0) is 21.7. The number of nitrogens with zero attached hydrogens (tertiary/aromatic N) is 3. The number of carbonyl (C=O) groups excluding carboxylic acids is 1. The van der Waals surface area contributed by atoms with Crippen LogP contribution in [0, 0.1) is 22.7 Å². The normalized spacial score (nSPS) is 12.0. The summed E-state index contributed by atoms with van der Waals surface area (Å²) in [5.41, 5.74) is 2.29. The van der Waals surface area contributed by atoms with E-state index in [0.717, 1.165) is 5.56 Å². The van der Waals surface area contributed by atoms with Crippen LogP contribution in [0.5, 0.6) is 11.5 Å². The molecule has 0 fully saturated rings. The summed E-state index contributed by atoms with van der Waals surface area (Å²) in [6.07, 6.45) is 4.56. The van der Waals surface area contributed by atoms with Crippen LogP contribution < -0.4 is 14.8 Å². The van der Waals surface area contributed by atoms with Crippen molar-refractivity contribution >= 4 is 23.0 Å². The molecule has 1 atom stereocenters. The molecule has 2 N–H and O–H groups in total. The minimum absolute atomic E-state index is 0.0643. The van der Waals surface area contributed by atoms with Gasteiger partial charge < -0.3 is 19.8 Å². The van der Waals surface area contributed by atoms with Crippen LogP contribution in [0.2, 0.25) is 0 Å². The number of hydrogen-bond donors (Lipinski definition) is 2. The van der Waals surface area contributed by atoms with Crippen LogP contribution in [-0.4, -0.2) is 30.1 Å². The summed E-state index contributed by atoms with van der Waals surface area (Å²) in [7, 11) is 3.09. The number of aromatic amines is 1. The molecule has 8 nitrogen and oxygen atoms in total. The fraction of sp³-hybridized carbons (Fsp3) is 0.182. The van der Waals surface area contributed by atoms with Crippen molar-refractivity contribution in [3.05, 3.63) is 58.9 Å². The first-order valence-corrected chi connectivity index (χ1v) is 9.02. The molecule has 8 heteroatoms. The SMILES string of the molecule is COc1ccc([C@@H](C)NC(=O)/C(C#N)=C/c2c[nH]c3ncc(C#N)cc23)cc1OC. The molecule has 3 rings (SSSR count). The molecular formula is C22H19N5O3. The number of pyridine rings is 1. The molecule has 0 aliphatic carbocycles. The molecular weight excluding hydrogens is 382 g/mol. The number of methoxy groups -OCH3 is 2. The molecule has 2 aromatic heterocycles. The molecule has 3 aromatic rings. The topological polar surface area (TPSA) is 124 Å². The third-order valence-electron chi connectivity index (χ3n) is 4.61. The lowest BCUT2D eigenvalue weighted by atomic mass is 10.1. The van der Waals surface area contributed by atoms with Gasteiger partial charge in [0.15, 0.2) is 11.5 Å². The lowest BCUT2D eigenvalue weighted by molar-refractivity contribution is -0.117. The fourth-order valence-corrected chi connectivity index (χ4v) is 2.99. The molecule has 0 spiro atoms. The average molecular weight is 401 g/mol. The van der Waals surface area contributed by atoms with E-state index >= 15 is 0 Å². The molecule has 1 aromatic carbocycles. The van der Waals surface area contributed by atoms with Crippen molar-refractivity contribution in [2.45, 2.75) is 13.0 Å². The lowest BCUT2D eigenvalue weighted by Gasteiger charge is -2.16. The van der Waals surface area contributed by atoms with E-state index in [1.807, 2.05) is 25.1 Å². The highest BCUT2D eigenvalue weighted by molar-refractivity contribution is 6.03. The molecule has 0 saturated carbocycles. The van der Waals surface area contributed by atoms with Crippen molar-refractivity contribution in [3.8, 4) is 23.6 Å². The van der Waals surface area contributed by atoms with Crippen LogP contribution in [0.15, 0.2) is 42.2 Å². The standard InChI is InChI=1S/C22H19N5O3/c1-13(15-4-5-19(29-2)20(8-15)30-3)27-22(28)16(10-24)7-17-12-26-21-18(17)6-14(9-23)11-25-21/h4-8,11-13H,1-3H3,(H,25,26)(H,27,28)/b16-7+/t13-/m1/s1. The molecule has 0 bridgehead atoms. The zero-order valence-electron chi connectivity index (χ0n) is 16.7. The Hall–Kier alpha value is -4.30. The van der Waals surface area contributed by atoms with Crippen LogP contribution in [0.25, 0.3) is 17.1 Å². The van der Waals surface area contributed by atoms with E-state index in [4.69, 9.17) is 14.7 Å². The Morgan fingerprint density at radius 1 is 1.23 bits per heavy atom. The van der Waals surface area contributed by atoms with Gasteiger partial charge in [0.25, 0.3) is 5.91 Å². The number of aromatic nitrogens is 2. The molecule has 0 aliphatic rings. The molecule has 0 saturated heterocycles. The van der Waals surface area contributed by atoms with Crippen molar-refractivity contribution in [3.63, 3.8) is 0 Å². The first kappa shape index (κ1) is 20.4. The van der Waals surface area contributed by atoms with Crippen molar-refractivity contribution in [1.29, 1.82) is 10.5 Å². The van der Waals surface area contributed by atoms with E-state index in [-0.39, 0.29) is 11.6 Å². The summed E-state index contributed by atoms with van der Waals surface area (Å²) in [5, 5.41) is 22.0. The van der Waals surface area contributed by atoms with Gasteiger partial charge in [-0.3, -0.25) is 4.79 Å². The van der Waals surface area contributed by atoms with Crippen LogP contribution in [0.1, 0.15) is 29.7 Å². The summed E-state index contributed by atoms with van der Waals surface area (Å²) in [5.74, 6) is 0.618. The van der Waals surface area contributed by atoms with E-state index < -0.39 is 5.91 Å². The fourth-order valence-electron chi connectivity index (χ4n) is 2.99. The van der Waals surface area contributed by atoms with Gasteiger partial charge in [-0.05, 0) is 36.8 Å². The number of benzene rings is 1. The van der Waals surface area contributed by atoms with E-state index in [9.17, 15) is 10.1 Å². The first-order valence-electron chi connectivity index (χ1n) is 9.02. The van der Waals surface area contributed by atoms with E-state index in [1.165, 1.54) is 19.4 Å².